The molecule has 0 unspecified atom stereocenters. The maximum Gasteiger partial charge on any atom is 0.182 e. The van der Waals surface area contributed by atoms with Crippen molar-refractivity contribution in [1.82, 2.24) is 4.57 Å². The summed E-state index contributed by atoms with van der Waals surface area (Å²) < 4.78 is 2.09. The minimum absolute atomic E-state index is 0.155. The standard InChI is InChI=1S/C19H19NO/c1-13-8-9-17(10-14(13)2)19(21)12-20-15(3)11-16-6-4-5-7-18(16)20/h4-11H,12H2,1-3H3. The Morgan fingerprint density at radius 3 is 2.48 bits per heavy atom. The fourth-order valence-electron chi connectivity index (χ4n) is 2.71. The van der Waals surface area contributed by atoms with Gasteiger partial charge in [-0.2, -0.15) is 0 Å². The first kappa shape index (κ1) is 13.6. The lowest BCUT2D eigenvalue weighted by Crippen LogP contribution is -2.11. The van der Waals surface area contributed by atoms with Crippen LogP contribution in [0.15, 0.2) is 48.5 Å². The second kappa shape index (κ2) is 5.21. The van der Waals surface area contributed by atoms with Crippen molar-refractivity contribution in [2.75, 3.05) is 0 Å². The highest BCUT2D eigenvalue weighted by atomic mass is 16.1. The Morgan fingerprint density at radius 2 is 1.71 bits per heavy atom. The number of fused-ring (bicyclic) bond motifs is 1. The van der Waals surface area contributed by atoms with Crippen LogP contribution < -0.4 is 0 Å². The number of aryl methyl sites for hydroxylation is 3. The van der Waals surface area contributed by atoms with Crippen LogP contribution in [0, 0.1) is 20.8 Å². The Balaban J connectivity index is 1.96. The molecule has 0 aliphatic heterocycles. The Labute approximate surface area is 125 Å². The maximum atomic E-state index is 12.6. The molecule has 0 spiro atoms. The van der Waals surface area contributed by atoms with Gasteiger partial charge >= 0.3 is 0 Å². The molecule has 0 aliphatic rings. The zero-order valence-corrected chi connectivity index (χ0v) is 12.7. The Bertz CT molecular complexity index is 827. The number of nitrogens with zero attached hydrogens (tertiary/aromatic N) is 1. The SMILES string of the molecule is Cc1ccc(C(=O)Cn2c(C)cc3ccccc32)cc1C. The molecule has 0 atom stereocenters. The number of hydrogen-bond acceptors (Lipinski definition) is 1. The molecule has 0 saturated carbocycles. The number of benzene rings is 2. The molecular weight excluding hydrogens is 258 g/mol. The molecule has 0 fully saturated rings. The molecule has 3 aromatic rings. The first-order valence-electron chi connectivity index (χ1n) is 7.21. The summed E-state index contributed by atoms with van der Waals surface area (Å²) in [6.45, 7) is 6.55. The van der Waals surface area contributed by atoms with Gasteiger partial charge in [0.05, 0.1) is 6.54 Å². The van der Waals surface area contributed by atoms with E-state index in [-0.39, 0.29) is 5.78 Å². The van der Waals surface area contributed by atoms with Crippen molar-refractivity contribution in [2.45, 2.75) is 27.3 Å². The van der Waals surface area contributed by atoms with Crippen molar-refractivity contribution in [3.63, 3.8) is 0 Å². The van der Waals surface area contributed by atoms with Gasteiger partial charge in [-0.15, -0.1) is 0 Å². The smallest absolute Gasteiger partial charge is 0.182 e. The molecule has 1 aromatic heterocycles. The van der Waals surface area contributed by atoms with Crippen molar-refractivity contribution in [1.29, 1.82) is 0 Å². The fourth-order valence-corrected chi connectivity index (χ4v) is 2.71. The predicted octanol–water partition coefficient (Wildman–Crippen LogP) is 4.45. The Hall–Kier alpha value is -2.35. The molecule has 0 saturated heterocycles. The van der Waals surface area contributed by atoms with E-state index in [4.69, 9.17) is 0 Å². The van der Waals surface area contributed by atoms with Crippen molar-refractivity contribution in [3.05, 3.63) is 70.9 Å². The summed E-state index contributed by atoms with van der Waals surface area (Å²) in [5.74, 6) is 0.155. The number of rotatable bonds is 3. The second-order valence-electron chi connectivity index (χ2n) is 5.65. The van der Waals surface area contributed by atoms with E-state index in [1.54, 1.807) is 0 Å². The van der Waals surface area contributed by atoms with E-state index in [1.807, 2.05) is 44.2 Å². The lowest BCUT2D eigenvalue weighted by Gasteiger charge is -2.09. The molecule has 0 radical (unpaired) electrons. The summed E-state index contributed by atoms with van der Waals surface area (Å²) in [5, 5.41) is 1.18. The summed E-state index contributed by atoms with van der Waals surface area (Å²) in [5.41, 5.74) is 5.40. The average Bonchev–Trinajstić information content (AvgIpc) is 2.78. The van der Waals surface area contributed by atoms with Gasteiger partial charge in [-0.25, -0.2) is 0 Å². The van der Waals surface area contributed by atoms with Gasteiger partial charge in [-0.3, -0.25) is 4.79 Å². The largest absolute Gasteiger partial charge is 0.337 e. The van der Waals surface area contributed by atoms with Gasteiger partial charge in [0.2, 0.25) is 0 Å². The quantitative estimate of drug-likeness (QED) is 0.648. The molecule has 0 amide bonds. The van der Waals surface area contributed by atoms with Gasteiger partial charge in [-0.1, -0.05) is 30.3 Å². The summed E-state index contributed by atoms with van der Waals surface area (Å²) >= 11 is 0. The Morgan fingerprint density at radius 1 is 0.952 bits per heavy atom. The summed E-state index contributed by atoms with van der Waals surface area (Å²) in [4.78, 5) is 12.6. The molecule has 21 heavy (non-hydrogen) atoms. The van der Waals surface area contributed by atoms with Gasteiger partial charge in [0.1, 0.15) is 0 Å². The minimum atomic E-state index is 0.155. The zero-order valence-electron chi connectivity index (χ0n) is 12.7. The van der Waals surface area contributed by atoms with Crippen molar-refractivity contribution >= 4 is 16.7 Å². The van der Waals surface area contributed by atoms with Gasteiger partial charge in [0, 0.05) is 16.8 Å². The third-order valence-corrected chi connectivity index (χ3v) is 4.15. The zero-order chi connectivity index (χ0) is 15.0. The van der Waals surface area contributed by atoms with E-state index in [9.17, 15) is 4.79 Å². The molecule has 1 heterocycles. The maximum absolute atomic E-state index is 12.6. The van der Waals surface area contributed by atoms with Crippen molar-refractivity contribution < 1.29 is 4.79 Å². The highest BCUT2D eigenvalue weighted by Gasteiger charge is 2.11. The van der Waals surface area contributed by atoms with Crippen LogP contribution in [0.25, 0.3) is 10.9 Å². The lowest BCUT2D eigenvalue weighted by molar-refractivity contribution is 0.0973. The normalized spacial score (nSPS) is 11.0. The van der Waals surface area contributed by atoms with E-state index in [0.717, 1.165) is 22.3 Å². The number of aromatic nitrogens is 1. The minimum Gasteiger partial charge on any atom is -0.337 e. The average molecular weight is 277 g/mol. The fraction of sp³-hybridized carbons (Fsp3) is 0.211. The first-order chi connectivity index (χ1) is 10.1. The first-order valence-corrected chi connectivity index (χ1v) is 7.21. The van der Waals surface area contributed by atoms with Crippen molar-refractivity contribution in [2.24, 2.45) is 0 Å². The van der Waals surface area contributed by atoms with E-state index >= 15 is 0 Å². The predicted molar refractivity (Wildman–Crippen MR) is 86.9 cm³/mol. The number of carbonyl (C=O) groups excluding carboxylic acids is 1. The third-order valence-electron chi connectivity index (χ3n) is 4.15. The topological polar surface area (TPSA) is 22.0 Å². The molecule has 2 nitrogen and oxygen atoms in total. The highest BCUT2D eigenvalue weighted by molar-refractivity contribution is 5.97. The monoisotopic (exact) mass is 277 g/mol. The van der Waals surface area contributed by atoms with Crippen LogP contribution in [0.5, 0.6) is 0 Å². The van der Waals surface area contributed by atoms with Gasteiger partial charge in [0.15, 0.2) is 5.78 Å². The molecule has 3 rings (SSSR count). The molecule has 2 aromatic carbocycles. The number of hydrogen-bond donors (Lipinski definition) is 0. The highest BCUT2D eigenvalue weighted by Crippen LogP contribution is 2.20. The van der Waals surface area contributed by atoms with Gasteiger partial charge in [0.25, 0.3) is 0 Å². The van der Waals surface area contributed by atoms with E-state index < -0.39 is 0 Å². The lowest BCUT2D eigenvalue weighted by atomic mass is 10.0. The van der Waals surface area contributed by atoms with Crippen LogP contribution in [0.3, 0.4) is 0 Å². The molecule has 2 heteroatoms. The van der Waals surface area contributed by atoms with E-state index in [0.29, 0.717) is 6.54 Å². The van der Waals surface area contributed by atoms with Gasteiger partial charge < -0.3 is 4.57 Å². The molecule has 106 valence electrons. The summed E-state index contributed by atoms with van der Waals surface area (Å²) in [6.07, 6.45) is 0. The van der Waals surface area contributed by atoms with Crippen LogP contribution >= 0.6 is 0 Å². The van der Waals surface area contributed by atoms with Crippen molar-refractivity contribution in [3.8, 4) is 0 Å². The van der Waals surface area contributed by atoms with Crippen LogP contribution in [0.2, 0.25) is 0 Å². The van der Waals surface area contributed by atoms with Crippen LogP contribution in [-0.4, -0.2) is 10.4 Å². The summed E-state index contributed by atoms with van der Waals surface area (Å²) in [7, 11) is 0. The van der Waals surface area contributed by atoms with Crippen LogP contribution in [-0.2, 0) is 6.54 Å². The molecular formula is C19H19NO. The number of Topliss-reactive ketones (excluding diaryl/α,β-unsaturated/α-hetero) is 1. The second-order valence-corrected chi connectivity index (χ2v) is 5.65. The van der Waals surface area contributed by atoms with E-state index in [2.05, 4.69) is 29.7 Å². The van der Waals surface area contributed by atoms with Crippen LogP contribution in [0.4, 0.5) is 0 Å². The van der Waals surface area contributed by atoms with Gasteiger partial charge in [-0.05, 0) is 55.5 Å². The molecule has 0 aliphatic carbocycles. The molecule has 0 bridgehead atoms. The van der Waals surface area contributed by atoms with E-state index in [1.165, 1.54) is 10.9 Å². The molecule has 0 N–H and O–H groups in total. The summed E-state index contributed by atoms with van der Waals surface area (Å²) in [6, 6.07) is 16.2. The number of ketones is 1. The number of carbonyl (C=O) groups is 1. The Kier molecular flexibility index (Phi) is 3.38. The number of para-hydroxylation sites is 1. The third kappa shape index (κ3) is 2.49. The van der Waals surface area contributed by atoms with Crippen LogP contribution in [0.1, 0.15) is 27.2 Å².